The highest BCUT2D eigenvalue weighted by atomic mass is 16.5. The second-order valence-electron chi connectivity index (χ2n) is 6.09. The van der Waals surface area contributed by atoms with Gasteiger partial charge in [0.2, 0.25) is 5.88 Å². The fourth-order valence-corrected chi connectivity index (χ4v) is 3.02. The van der Waals surface area contributed by atoms with E-state index in [-0.39, 0.29) is 5.91 Å². The average Bonchev–Trinajstić information content (AvgIpc) is 2.53. The minimum absolute atomic E-state index is 0.0560. The Bertz CT molecular complexity index is 489. The van der Waals surface area contributed by atoms with E-state index in [1.807, 2.05) is 0 Å². The van der Waals surface area contributed by atoms with Gasteiger partial charge in [0.05, 0.1) is 19.0 Å². The molecule has 1 aliphatic carbocycles. The third-order valence-electron chi connectivity index (χ3n) is 4.16. The third kappa shape index (κ3) is 3.97. The van der Waals surface area contributed by atoms with Crippen molar-refractivity contribution < 1.29 is 14.3 Å². The van der Waals surface area contributed by atoms with Gasteiger partial charge in [-0.25, -0.2) is 4.98 Å². The maximum atomic E-state index is 12.8. The Morgan fingerprint density at radius 3 is 2.91 bits per heavy atom. The van der Waals surface area contributed by atoms with Gasteiger partial charge in [-0.3, -0.25) is 4.79 Å². The van der Waals surface area contributed by atoms with Crippen LogP contribution in [0.1, 0.15) is 46.0 Å². The van der Waals surface area contributed by atoms with Crippen LogP contribution in [0, 0.1) is 5.92 Å². The van der Waals surface area contributed by atoms with E-state index >= 15 is 0 Å². The van der Waals surface area contributed by atoms with Gasteiger partial charge in [-0.05, 0) is 37.7 Å². The van der Waals surface area contributed by atoms with Crippen LogP contribution in [0.4, 0.5) is 5.69 Å². The van der Waals surface area contributed by atoms with Crippen molar-refractivity contribution in [2.45, 2.75) is 51.6 Å². The molecule has 1 aromatic rings. The molecule has 1 fully saturated rings. The number of ether oxygens (including phenoxy) is 2. The summed E-state index contributed by atoms with van der Waals surface area (Å²) in [6.07, 6.45) is 6.27. The highest BCUT2D eigenvalue weighted by Crippen LogP contribution is 2.36. The molecule has 22 heavy (non-hydrogen) atoms. The topological polar surface area (TPSA) is 60.5 Å². The molecule has 1 amide bonds. The molecule has 2 atom stereocenters. The predicted molar refractivity (Wildman–Crippen MR) is 86.0 cm³/mol. The highest BCUT2D eigenvalue weighted by molar-refractivity contribution is 5.97. The van der Waals surface area contributed by atoms with E-state index in [2.05, 4.69) is 24.1 Å². The molecule has 1 aliphatic rings. The Morgan fingerprint density at radius 2 is 2.32 bits per heavy atom. The standard InChI is InChI=1S/C17H26N2O3/c1-4-10-22-17(9-5-6-13(2)11-17)16(20)19-14-7-8-15(21-3)18-12-14/h7-8,12-13H,4-6,9-11H2,1-3H3,(H,19,20)/t13-,17+/m0/s1. The van der Waals surface area contributed by atoms with Crippen LogP contribution in [0.15, 0.2) is 18.3 Å². The van der Waals surface area contributed by atoms with Crippen molar-refractivity contribution in [2.75, 3.05) is 19.0 Å². The van der Waals surface area contributed by atoms with E-state index in [9.17, 15) is 4.79 Å². The molecule has 1 saturated carbocycles. The summed E-state index contributed by atoms with van der Waals surface area (Å²) in [7, 11) is 1.57. The van der Waals surface area contributed by atoms with Crippen molar-refractivity contribution in [3.63, 3.8) is 0 Å². The fourth-order valence-electron chi connectivity index (χ4n) is 3.02. The van der Waals surface area contributed by atoms with Crippen LogP contribution < -0.4 is 10.1 Å². The number of aromatic nitrogens is 1. The Balaban J connectivity index is 2.10. The minimum atomic E-state index is -0.701. The molecule has 0 aliphatic heterocycles. The van der Waals surface area contributed by atoms with Gasteiger partial charge in [0, 0.05) is 12.7 Å². The summed E-state index contributed by atoms with van der Waals surface area (Å²) < 4.78 is 11.0. The number of pyridine rings is 1. The number of hydrogen-bond donors (Lipinski definition) is 1. The van der Waals surface area contributed by atoms with Crippen LogP contribution in [0.25, 0.3) is 0 Å². The summed E-state index contributed by atoms with van der Waals surface area (Å²) in [6.45, 7) is 4.86. The molecule has 5 nitrogen and oxygen atoms in total. The predicted octanol–water partition coefficient (Wildman–Crippen LogP) is 3.40. The van der Waals surface area contributed by atoms with Crippen molar-refractivity contribution in [2.24, 2.45) is 5.92 Å². The Morgan fingerprint density at radius 1 is 1.50 bits per heavy atom. The molecule has 5 heteroatoms. The van der Waals surface area contributed by atoms with E-state index in [0.29, 0.717) is 24.1 Å². The molecule has 0 unspecified atom stereocenters. The Kier molecular flexibility index (Phi) is 5.77. The lowest BCUT2D eigenvalue weighted by molar-refractivity contribution is -0.148. The fraction of sp³-hybridized carbons (Fsp3) is 0.647. The van der Waals surface area contributed by atoms with E-state index < -0.39 is 5.60 Å². The summed E-state index contributed by atoms with van der Waals surface area (Å²) in [6, 6.07) is 3.53. The summed E-state index contributed by atoms with van der Waals surface area (Å²) in [5.41, 5.74) is -0.0309. The number of rotatable bonds is 6. The monoisotopic (exact) mass is 306 g/mol. The second-order valence-corrected chi connectivity index (χ2v) is 6.09. The molecular weight excluding hydrogens is 280 g/mol. The lowest BCUT2D eigenvalue weighted by Crippen LogP contribution is -2.48. The zero-order valence-electron chi connectivity index (χ0n) is 13.7. The van der Waals surface area contributed by atoms with Crippen molar-refractivity contribution in [3.8, 4) is 5.88 Å². The molecular formula is C17H26N2O3. The summed E-state index contributed by atoms with van der Waals surface area (Å²) in [5.74, 6) is 0.978. The van der Waals surface area contributed by atoms with Crippen molar-refractivity contribution in [1.29, 1.82) is 0 Å². The maximum Gasteiger partial charge on any atom is 0.256 e. The number of carbonyl (C=O) groups excluding carboxylic acids is 1. The second kappa shape index (κ2) is 7.58. The van der Waals surface area contributed by atoms with Crippen LogP contribution in [0.3, 0.4) is 0 Å². The quantitative estimate of drug-likeness (QED) is 0.875. The van der Waals surface area contributed by atoms with Crippen LogP contribution in [-0.4, -0.2) is 30.2 Å². The van der Waals surface area contributed by atoms with E-state index in [4.69, 9.17) is 9.47 Å². The number of carbonyl (C=O) groups is 1. The number of hydrogen-bond acceptors (Lipinski definition) is 4. The molecule has 0 saturated heterocycles. The maximum absolute atomic E-state index is 12.8. The average molecular weight is 306 g/mol. The smallest absolute Gasteiger partial charge is 0.256 e. The molecule has 0 bridgehead atoms. The van der Waals surface area contributed by atoms with Gasteiger partial charge in [-0.2, -0.15) is 0 Å². The summed E-state index contributed by atoms with van der Waals surface area (Å²) in [5, 5.41) is 2.95. The molecule has 122 valence electrons. The van der Waals surface area contributed by atoms with Gasteiger partial charge >= 0.3 is 0 Å². The van der Waals surface area contributed by atoms with Crippen LogP contribution in [-0.2, 0) is 9.53 Å². The molecule has 1 aromatic heterocycles. The molecule has 1 heterocycles. The number of nitrogens with one attached hydrogen (secondary N) is 1. The summed E-state index contributed by atoms with van der Waals surface area (Å²) >= 11 is 0. The van der Waals surface area contributed by atoms with Crippen LogP contribution in [0.5, 0.6) is 5.88 Å². The van der Waals surface area contributed by atoms with Gasteiger partial charge < -0.3 is 14.8 Å². The first-order valence-electron chi connectivity index (χ1n) is 8.05. The van der Waals surface area contributed by atoms with E-state index in [1.165, 1.54) is 0 Å². The molecule has 1 N–H and O–H groups in total. The number of anilines is 1. The van der Waals surface area contributed by atoms with E-state index in [0.717, 1.165) is 32.1 Å². The normalized spacial score (nSPS) is 24.8. The number of methoxy groups -OCH3 is 1. The zero-order valence-corrected chi connectivity index (χ0v) is 13.7. The molecule has 0 radical (unpaired) electrons. The third-order valence-corrected chi connectivity index (χ3v) is 4.16. The zero-order chi connectivity index (χ0) is 16.0. The number of amides is 1. The van der Waals surface area contributed by atoms with Gasteiger partial charge in [0.1, 0.15) is 5.60 Å². The van der Waals surface area contributed by atoms with Gasteiger partial charge in [0.25, 0.3) is 5.91 Å². The first-order valence-corrected chi connectivity index (χ1v) is 8.05. The largest absolute Gasteiger partial charge is 0.481 e. The van der Waals surface area contributed by atoms with Crippen molar-refractivity contribution in [3.05, 3.63) is 18.3 Å². The minimum Gasteiger partial charge on any atom is -0.481 e. The van der Waals surface area contributed by atoms with Gasteiger partial charge in [-0.15, -0.1) is 0 Å². The number of nitrogens with zero attached hydrogens (tertiary/aromatic N) is 1. The highest BCUT2D eigenvalue weighted by Gasteiger charge is 2.42. The van der Waals surface area contributed by atoms with Crippen LogP contribution >= 0.6 is 0 Å². The molecule has 0 aromatic carbocycles. The summed E-state index contributed by atoms with van der Waals surface area (Å²) in [4.78, 5) is 16.9. The Labute approximate surface area is 132 Å². The van der Waals surface area contributed by atoms with Gasteiger partial charge in [-0.1, -0.05) is 20.3 Å². The van der Waals surface area contributed by atoms with Crippen molar-refractivity contribution in [1.82, 2.24) is 4.98 Å². The molecule has 0 spiro atoms. The van der Waals surface area contributed by atoms with Gasteiger partial charge in [0.15, 0.2) is 0 Å². The molecule has 2 rings (SSSR count). The van der Waals surface area contributed by atoms with E-state index in [1.54, 1.807) is 25.4 Å². The Hall–Kier alpha value is -1.62. The lowest BCUT2D eigenvalue weighted by atomic mass is 9.78. The SMILES string of the molecule is CCCO[C@]1(C(=O)Nc2ccc(OC)nc2)CCC[C@H](C)C1. The van der Waals surface area contributed by atoms with Crippen LogP contribution in [0.2, 0.25) is 0 Å². The van der Waals surface area contributed by atoms with Crippen molar-refractivity contribution >= 4 is 11.6 Å². The first-order chi connectivity index (χ1) is 10.6. The lowest BCUT2D eigenvalue weighted by Gasteiger charge is -2.38. The first kappa shape index (κ1) is 16.7.